The number of aromatic nitrogens is 2. The lowest BCUT2D eigenvalue weighted by Crippen LogP contribution is -2.05. The van der Waals surface area contributed by atoms with Gasteiger partial charge in [0.05, 0.1) is 26.4 Å². The van der Waals surface area contributed by atoms with Gasteiger partial charge in [-0.05, 0) is 6.92 Å². The van der Waals surface area contributed by atoms with E-state index < -0.39 is 0 Å². The molecule has 0 aliphatic rings. The Morgan fingerprint density at radius 1 is 1.14 bits per heavy atom. The summed E-state index contributed by atoms with van der Waals surface area (Å²) < 4.78 is 10.1. The van der Waals surface area contributed by atoms with Gasteiger partial charge in [0.15, 0.2) is 0 Å². The molecule has 0 radical (unpaired) electrons. The van der Waals surface area contributed by atoms with Crippen molar-refractivity contribution in [2.45, 2.75) is 13.3 Å². The first-order valence-corrected chi connectivity index (χ1v) is 4.29. The molecule has 0 amide bonds. The molecule has 0 aliphatic carbocycles. The molecular weight excluding hydrogens is 184 g/mol. The molecule has 14 heavy (non-hydrogen) atoms. The molecule has 0 aliphatic heterocycles. The minimum atomic E-state index is 0.00930. The van der Waals surface area contributed by atoms with Crippen LogP contribution in [0.1, 0.15) is 11.4 Å². The van der Waals surface area contributed by atoms with Gasteiger partial charge in [-0.3, -0.25) is 0 Å². The summed E-state index contributed by atoms with van der Waals surface area (Å²) in [7, 11) is 3.08. The summed E-state index contributed by atoms with van der Waals surface area (Å²) in [5.41, 5.74) is 0.761. The first kappa shape index (κ1) is 10.7. The van der Waals surface area contributed by atoms with Gasteiger partial charge >= 0.3 is 0 Å². The highest BCUT2D eigenvalue weighted by molar-refractivity contribution is 5.34. The molecule has 0 aromatic carbocycles. The first-order valence-electron chi connectivity index (χ1n) is 4.29. The Balaban J connectivity index is 3.11. The van der Waals surface area contributed by atoms with E-state index >= 15 is 0 Å². The average molecular weight is 198 g/mol. The standard InChI is InChI=1S/C9H14N2O3/c1-6-8(13-2)10-7(4-5-12)11-9(6)14-3/h12H,4-5H2,1-3H3. The molecular formula is C9H14N2O3. The minimum Gasteiger partial charge on any atom is -0.481 e. The van der Waals surface area contributed by atoms with Crippen LogP contribution < -0.4 is 9.47 Å². The number of hydrogen-bond donors (Lipinski definition) is 1. The Morgan fingerprint density at radius 3 is 2.00 bits per heavy atom. The Morgan fingerprint density at radius 2 is 1.64 bits per heavy atom. The second-order valence-electron chi connectivity index (χ2n) is 2.76. The number of hydrogen-bond acceptors (Lipinski definition) is 5. The predicted octanol–water partition coefficient (Wildman–Crippen LogP) is 0.337. The van der Waals surface area contributed by atoms with Crippen LogP contribution in [0.3, 0.4) is 0 Å². The summed E-state index contributed by atoms with van der Waals surface area (Å²) >= 11 is 0. The second-order valence-corrected chi connectivity index (χ2v) is 2.76. The molecule has 0 fully saturated rings. The van der Waals surface area contributed by atoms with Gasteiger partial charge in [-0.25, -0.2) is 0 Å². The Kier molecular flexibility index (Phi) is 3.64. The fraction of sp³-hybridized carbons (Fsp3) is 0.556. The van der Waals surface area contributed by atoms with E-state index in [2.05, 4.69) is 9.97 Å². The zero-order valence-corrected chi connectivity index (χ0v) is 8.57. The summed E-state index contributed by atoms with van der Waals surface area (Å²) in [5, 5.41) is 8.75. The number of rotatable bonds is 4. The maximum absolute atomic E-state index is 8.75. The Labute approximate surface area is 82.7 Å². The van der Waals surface area contributed by atoms with Crippen molar-refractivity contribution in [3.63, 3.8) is 0 Å². The van der Waals surface area contributed by atoms with Crippen LogP contribution in [0.5, 0.6) is 11.8 Å². The van der Waals surface area contributed by atoms with Gasteiger partial charge in [-0.15, -0.1) is 0 Å². The van der Waals surface area contributed by atoms with Crippen LogP contribution >= 0.6 is 0 Å². The molecule has 0 bridgehead atoms. The monoisotopic (exact) mass is 198 g/mol. The molecule has 1 aromatic rings. The van der Waals surface area contributed by atoms with E-state index in [1.807, 2.05) is 6.92 Å². The van der Waals surface area contributed by atoms with E-state index in [1.54, 1.807) is 0 Å². The van der Waals surface area contributed by atoms with Crippen molar-refractivity contribution in [2.75, 3.05) is 20.8 Å². The summed E-state index contributed by atoms with van der Waals surface area (Å²) in [6.45, 7) is 1.83. The molecule has 1 N–H and O–H groups in total. The third kappa shape index (κ3) is 2.11. The highest BCUT2D eigenvalue weighted by Gasteiger charge is 2.10. The van der Waals surface area contributed by atoms with Gasteiger partial charge in [0, 0.05) is 6.42 Å². The van der Waals surface area contributed by atoms with Crippen molar-refractivity contribution in [2.24, 2.45) is 0 Å². The molecule has 0 saturated carbocycles. The molecule has 78 valence electrons. The van der Waals surface area contributed by atoms with Crippen LogP contribution in [0, 0.1) is 6.92 Å². The molecule has 1 aromatic heterocycles. The van der Waals surface area contributed by atoms with Crippen molar-refractivity contribution in [3.8, 4) is 11.8 Å². The third-order valence-corrected chi connectivity index (χ3v) is 1.82. The zero-order valence-electron chi connectivity index (χ0n) is 8.57. The highest BCUT2D eigenvalue weighted by Crippen LogP contribution is 2.23. The quantitative estimate of drug-likeness (QED) is 0.755. The maximum atomic E-state index is 8.75. The minimum absolute atomic E-state index is 0.00930. The summed E-state index contributed by atoms with van der Waals surface area (Å²) in [4.78, 5) is 8.23. The number of nitrogens with zero attached hydrogens (tertiary/aromatic N) is 2. The molecule has 5 nitrogen and oxygen atoms in total. The number of ether oxygens (including phenoxy) is 2. The summed E-state index contributed by atoms with van der Waals surface area (Å²) in [6, 6.07) is 0. The molecule has 0 atom stereocenters. The van der Waals surface area contributed by atoms with Crippen LogP contribution in [-0.2, 0) is 6.42 Å². The topological polar surface area (TPSA) is 64.5 Å². The number of methoxy groups -OCH3 is 2. The number of aliphatic hydroxyl groups excluding tert-OH is 1. The third-order valence-electron chi connectivity index (χ3n) is 1.82. The van der Waals surface area contributed by atoms with Crippen LogP contribution in [0.15, 0.2) is 0 Å². The molecule has 0 saturated heterocycles. The SMILES string of the molecule is COc1nc(CCO)nc(OC)c1C. The molecule has 1 heterocycles. The van der Waals surface area contributed by atoms with Crippen molar-refractivity contribution in [1.82, 2.24) is 9.97 Å². The zero-order chi connectivity index (χ0) is 10.6. The normalized spacial score (nSPS) is 10.0. The molecule has 1 rings (SSSR count). The van der Waals surface area contributed by atoms with Gasteiger partial charge in [-0.2, -0.15) is 9.97 Å². The molecule has 0 spiro atoms. The first-order chi connectivity index (χ1) is 6.72. The van der Waals surface area contributed by atoms with Crippen molar-refractivity contribution >= 4 is 0 Å². The van der Waals surface area contributed by atoms with Gasteiger partial charge in [0.2, 0.25) is 11.8 Å². The number of aliphatic hydroxyl groups is 1. The highest BCUT2D eigenvalue weighted by atomic mass is 16.5. The van der Waals surface area contributed by atoms with Crippen LogP contribution in [0.2, 0.25) is 0 Å². The van der Waals surface area contributed by atoms with Crippen LogP contribution in [0.25, 0.3) is 0 Å². The van der Waals surface area contributed by atoms with Gasteiger partial charge in [0.1, 0.15) is 5.82 Å². The average Bonchev–Trinajstić information content (AvgIpc) is 2.20. The smallest absolute Gasteiger partial charge is 0.223 e. The fourth-order valence-electron chi connectivity index (χ4n) is 1.13. The fourth-order valence-corrected chi connectivity index (χ4v) is 1.13. The largest absolute Gasteiger partial charge is 0.481 e. The van der Waals surface area contributed by atoms with E-state index in [0.29, 0.717) is 24.0 Å². The van der Waals surface area contributed by atoms with Crippen LogP contribution in [-0.4, -0.2) is 35.9 Å². The Hall–Kier alpha value is -1.36. The van der Waals surface area contributed by atoms with Gasteiger partial charge in [0.25, 0.3) is 0 Å². The maximum Gasteiger partial charge on any atom is 0.223 e. The lowest BCUT2D eigenvalue weighted by atomic mass is 10.3. The van der Waals surface area contributed by atoms with Crippen LogP contribution in [0.4, 0.5) is 0 Å². The summed E-state index contributed by atoms with van der Waals surface area (Å²) in [5.74, 6) is 1.49. The Bertz CT molecular complexity index is 290. The van der Waals surface area contributed by atoms with Crippen molar-refractivity contribution in [3.05, 3.63) is 11.4 Å². The van der Waals surface area contributed by atoms with Crippen molar-refractivity contribution < 1.29 is 14.6 Å². The van der Waals surface area contributed by atoms with E-state index in [1.165, 1.54) is 14.2 Å². The van der Waals surface area contributed by atoms with Gasteiger partial charge < -0.3 is 14.6 Å². The lowest BCUT2D eigenvalue weighted by Gasteiger charge is -2.09. The van der Waals surface area contributed by atoms with E-state index in [9.17, 15) is 0 Å². The van der Waals surface area contributed by atoms with E-state index in [4.69, 9.17) is 14.6 Å². The van der Waals surface area contributed by atoms with E-state index in [-0.39, 0.29) is 6.61 Å². The molecule has 5 heteroatoms. The predicted molar refractivity (Wildman–Crippen MR) is 50.7 cm³/mol. The van der Waals surface area contributed by atoms with Crippen molar-refractivity contribution in [1.29, 1.82) is 0 Å². The van der Waals surface area contributed by atoms with Gasteiger partial charge in [-0.1, -0.05) is 0 Å². The lowest BCUT2D eigenvalue weighted by molar-refractivity contribution is 0.293. The second kappa shape index (κ2) is 4.76. The molecule has 0 unspecified atom stereocenters. The van der Waals surface area contributed by atoms with E-state index in [0.717, 1.165) is 5.56 Å². The summed E-state index contributed by atoms with van der Waals surface area (Å²) in [6.07, 6.45) is 0.396.